The third-order valence-electron chi connectivity index (χ3n) is 4.06. The van der Waals surface area contributed by atoms with Gasteiger partial charge in [0.1, 0.15) is 17.9 Å². The van der Waals surface area contributed by atoms with Crippen molar-refractivity contribution in [2.75, 3.05) is 5.32 Å². The number of halogens is 2. The maximum absolute atomic E-state index is 13.3. The number of carbonyl (C=O) groups excluding carboxylic acids is 1. The van der Waals surface area contributed by atoms with E-state index in [0.29, 0.717) is 28.1 Å². The summed E-state index contributed by atoms with van der Waals surface area (Å²) in [6, 6.07) is 8.88. The predicted molar refractivity (Wildman–Crippen MR) is 99.5 cm³/mol. The number of hydrogen-bond donors (Lipinski definition) is 1. The SMILES string of the molecule is Cc1cc2c(=O)n(CC(=O)Nc3ccc(F)c(Cl)c3)c3cccnc3n2n1. The Hall–Kier alpha value is -3.26. The normalized spacial score (nSPS) is 11.2. The highest BCUT2D eigenvalue weighted by molar-refractivity contribution is 6.31. The zero-order chi connectivity index (χ0) is 19.1. The number of benzene rings is 1. The monoisotopic (exact) mass is 385 g/mol. The van der Waals surface area contributed by atoms with E-state index in [1.54, 1.807) is 31.3 Å². The van der Waals surface area contributed by atoms with E-state index in [1.165, 1.54) is 21.2 Å². The number of nitrogens with zero attached hydrogens (tertiary/aromatic N) is 4. The number of amides is 1. The van der Waals surface area contributed by atoms with Crippen LogP contribution in [0.4, 0.5) is 10.1 Å². The van der Waals surface area contributed by atoms with Gasteiger partial charge in [-0.25, -0.2) is 13.9 Å². The van der Waals surface area contributed by atoms with Gasteiger partial charge in [-0.15, -0.1) is 0 Å². The van der Waals surface area contributed by atoms with E-state index in [2.05, 4.69) is 15.4 Å². The van der Waals surface area contributed by atoms with Gasteiger partial charge in [-0.3, -0.25) is 14.2 Å². The Balaban J connectivity index is 1.76. The lowest BCUT2D eigenvalue weighted by Crippen LogP contribution is -2.29. The summed E-state index contributed by atoms with van der Waals surface area (Å²) in [5.74, 6) is -1.03. The molecule has 4 rings (SSSR count). The average Bonchev–Trinajstić information content (AvgIpc) is 3.04. The molecular formula is C18H13ClFN5O2. The summed E-state index contributed by atoms with van der Waals surface area (Å²) >= 11 is 5.73. The lowest BCUT2D eigenvalue weighted by atomic mass is 10.3. The molecule has 3 aromatic heterocycles. The predicted octanol–water partition coefficient (Wildman–Crippen LogP) is 2.78. The topological polar surface area (TPSA) is 81.3 Å². The fourth-order valence-corrected chi connectivity index (χ4v) is 3.08. The second kappa shape index (κ2) is 6.48. The minimum absolute atomic E-state index is 0.101. The van der Waals surface area contributed by atoms with Gasteiger partial charge in [0, 0.05) is 11.9 Å². The molecule has 0 unspecified atom stereocenters. The number of fused-ring (bicyclic) bond motifs is 3. The highest BCUT2D eigenvalue weighted by Gasteiger charge is 2.16. The van der Waals surface area contributed by atoms with E-state index in [-0.39, 0.29) is 17.1 Å². The van der Waals surface area contributed by atoms with E-state index in [4.69, 9.17) is 11.6 Å². The molecule has 0 saturated heterocycles. The molecule has 136 valence electrons. The van der Waals surface area contributed by atoms with Gasteiger partial charge in [-0.2, -0.15) is 5.10 Å². The van der Waals surface area contributed by atoms with Crippen LogP contribution in [0, 0.1) is 12.7 Å². The fourth-order valence-electron chi connectivity index (χ4n) is 2.90. The molecule has 0 saturated carbocycles. The Morgan fingerprint density at radius 2 is 2.07 bits per heavy atom. The zero-order valence-corrected chi connectivity index (χ0v) is 14.9. The number of aryl methyl sites for hydroxylation is 1. The van der Waals surface area contributed by atoms with E-state index < -0.39 is 11.7 Å². The third kappa shape index (κ3) is 3.04. The standard InChI is InChI=1S/C18H13ClFN5O2/c1-10-7-15-18(27)24(14-3-2-6-21-17(14)25(15)23-10)9-16(26)22-11-4-5-13(20)12(19)8-11/h2-8H,9H2,1H3,(H,22,26). The summed E-state index contributed by atoms with van der Waals surface area (Å²) in [6.45, 7) is 1.54. The third-order valence-corrected chi connectivity index (χ3v) is 4.35. The van der Waals surface area contributed by atoms with Crippen molar-refractivity contribution in [3.8, 4) is 0 Å². The van der Waals surface area contributed by atoms with Crippen LogP contribution in [0.2, 0.25) is 5.02 Å². The molecule has 27 heavy (non-hydrogen) atoms. The lowest BCUT2D eigenvalue weighted by Gasteiger charge is -2.11. The molecule has 0 radical (unpaired) electrons. The average molecular weight is 386 g/mol. The van der Waals surface area contributed by atoms with Crippen molar-refractivity contribution in [1.29, 1.82) is 0 Å². The molecule has 7 nitrogen and oxygen atoms in total. The van der Waals surface area contributed by atoms with Crippen LogP contribution in [-0.2, 0) is 11.3 Å². The Labute approximate surface area is 157 Å². The van der Waals surface area contributed by atoms with Crippen molar-refractivity contribution >= 4 is 39.9 Å². The molecule has 0 atom stereocenters. The largest absolute Gasteiger partial charge is 0.324 e. The number of anilines is 1. The molecular weight excluding hydrogens is 373 g/mol. The maximum Gasteiger partial charge on any atom is 0.277 e. The molecule has 1 amide bonds. The first kappa shape index (κ1) is 17.2. The first-order valence-corrected chi connectivity index (χ1v) is 8.40. The Morgan fingerprint density at radius 1 is 1.26 bits per heavy atom. The number of hydrogen-bond acceptors (Lipinski definition) is 4. The van der Waals surface area contributed by atoms with Crippen molar-refractivity contribution in [2.45, 2.75) is 13.5 Å². The second-order valence-electron chi connectivity index (χ2n) is 6.00. The molecule has 0 aliphatic heterocycles. The van der Waals surface area contributed by atoms with Crippen molar-refractivity contribution < 1.29 is 9.18 Å². The molecule has 0 spiro atoms. The molecule has 0 bridgehead atoms. The summed E-state index contributed by atoms with van der Waals surface area (Å²) in [5.41, 5.74) is 1.92. The van der Waals surface area contributed by atoms with E-state index in [1.807, 2.05) is 0 Å². The molecule has 3 heterocycles. The van der Waals surface area contributed by atoms with Crippen molar-refractivity contribution in [2.24, 2.45) is 0 Å². The summed E-state index contributed by atoms with van der Waals surface area (Å²) in [5, 5.41) is 6.81. The van der Waals surface area contributed by atoms with Crippen LogP contribution in [0.15, 0.2) is 47.4 Å². The molecule has 0 fully saturated rings. The number of pyridine rings is 1. The minimum atomic E-state index is -0.579. The number of nitrogens with one attached hydrogen (secondary N) is 1. The first-order valence-electron chi connectivity index (χ1n) is 8.03. The molecule has 1 aromatic carbocycles. The lowest BCUT2D eigenvalue weighted by molar-refractivity contribution is -0.116. The van der Waals surface area contributed by atoms with Gasteiger partial charge >= 0.3 is 0 Å². The van der Waals surface area contributed by atoms with Crippen LogP contribution in [-0.4, -0.2) is 25.1 Å². The molecule has 0 aliphatic rings. The van der Waals surface area contributed by atoms with Crippen molar-refractivity contribution in [3.05, 3.63) is 69.5 Å². The first-order chi connectivity index (χ1) is 12.9. The zero-order valence-electron chi connectivity index (χ0n) is 14.1. The quantitative estimate of drug-likeness (QED) is 0.588. The molecule has 9 heteroatoms. The van der Waals surface area contributed by atoms with E-state index >= 15 is 0 Å². The number of carbonyl (C=O) groups is 1. The van der Waals surface area contributed by atoms with Gasteiger partial charge in [0.05, 0.1) is 16.2 Å². The van der Waals surface area contributed by atoms with Gasteiger partial charge in [-0.05, 0) is 43.3 Å². The minimum Gasteiger partial charge on any atom is -0.324 e. The maximum atomic E-state index is 13.3. The number of aromatic nitrogens is 4. The summed E-state index contributed by atoms with van der Waals surface area (Å²) < 4.78 is 16.1. The van der Waals surface area contributed by atoms with Gasteiger partial charge < -0.3 is 5.32 Å². The fraction of sp³-hybridized carbons (Fsp3) is 0.111. The van der Waals surface area contributed by atoms with Crippen LogP contribution in [0.25, 0.3) is 16.7 Å². The smallest absolute Gasteiger partial charge is 0.277 e. The van der Waals surface area contributed by atoms with E-state index in [9.17, 15) is 14.0 Å². The molecule has 4 aromatic rings. The van der Waals surface area contributed by atoms with Crippen LogP contribution in [0.5, 0.6) is 0 Å². The highest BCUT2D eigenvalue weighted by atomic mass is 35.5. The Bertz CT molecular complexity index is 1260. The second-order valence-corrected chi connectivity index (χ2v) is 6.40. The van der Waals surface area contributed by atoms with E-state index in [0.717, 1.165) is 6.07 Å². The van der Waals surface area contributed by atoms with Gasteiger partial charge in [0.25, 0.3) is 5.56 Å². The Kier molecular flexibility index (Phi) is 4.12. The van der Waals surface area contributed by atoms with Crippen LogP contribution in [0.3, 0.4) is 0 Å². The Morgan fingerprint density at radius 3 is 2.85 bits per heavy atom. The summed E-state index contributed by atoms with van der Waals surface area (Å²) in [6.07, 6.45) is 1.59. The van der Waals surface area contributed by atoms with Gasteiger partial charge in [0.2, 0.25) is 5.91 Å². The summed E-state index contributed by atoms with van der Waals surface area (Å²) in [7, 11) is 0. The number of rotatable bonds is 3. The molecule has 0 aliphatic carbocycles. The van der Waals surface area contributed by atoms with Crippen molar-refractivity contribution in [3.63, 3.8) is 0 Å². The summed E-state index contributed by atoms with van der Waals surface area (Å²) in [4.78, 5) is 29.6. The van der Waals surface area contributed by atoms with Gasteiger partial charge in [0.15, 0.2) is 5.65 Å². The highest BCUT2D eigenvalue weighted by Crippen LogP contribution is 2.19. The van der Waals surface area contributed by atoms with Crippen LogP contribution >= 0.6 is 11.6 Å². The van der Waals surface area contributed by atoms with Crippen LogP contribution in [0.1, 0.15) is 5.69 Å². The van der Waals surface area contributed by atoms with Crippen molar-refractivity contribution in [1.82, 2.24) is 19.2 Å². The van der Waals surface area contributed by atoms with Crippen LogP contribution < -0.4 is 10.9 Å². The van der Waals surface area contributed by atoms with Gasteiger partial charge in [-0.1, -0.05) is 11.6 Å². The molecule has 1 N–H and O–H groups in total.